The highest BCUT2D eigenvalue weighted by Gasteiger charge is 2.06. The van der Waals surface area contributed by atoms with Crippen LogP contribution in [0.2, 0.25) is 0 Å². The maximum absolute atomic E-state index is 12.1. The van der Waals surface area contributed by atoms with Gasteiger partial charge in [0.2, 0.25) is 0 Å². The van der Waals surface area contributed by atoms with Crippen molar-refractivity contribution >= 4 is 23.2 Å². The van der Waals surface area contributed by atoms with E-state index >= 15 is 0 Å². The summed E-state index contributed by atoms with van der Waals surface area (Å²) in [5.74, 6) is 0.245. The summed E-state index contributed by atoms with van der Waals surface area (Å²) in [5, 5.41) is 4.01. The zero-order chi connectivity index (χ0) is 16.2. The average molecular weight is 306 g/mol. The topological polar surface area (TPSA) is 70.1 Å². The number of aromatic amines is 1. The van der Waals surface area contributed by atoms with E-state index in [9.17, 15) is 4.79 Å². The molecule has 0 aliphatic carbocycles. The van der Waals surface area contributed by atoms with Crippen LogP contribution in [0.5, 0.6) is 0 Å². The van der Waals surface area contributed by atoms with Crippen molar-refractivity contribution in [3.8, 4) is 0 Å². The molecule has 23 heavy (non-hydrogen) atoms. The number of H-pyrrole nitrogens is 1. The second-order valence-corrected chi connectivity index (χ2v) is 5.65. The summed E-state index contributed by atoms with van der Waals surface area (Å²) in [7, 11) is 0. The van der Waals surface area contributed by atoms with E-state index in [0.717, 1.165) is 16.6 Å². The minimum atomic E-state index is -0.253. The molecule has 3 aromatic rings. The van der Waals surface area contributed by atoms with Gasteiger partial charge in [0.05, 0.1) is 23.6 Å². The first-order chi connectivity index (χ1) is 11.1. The lowest BCUT2D eigenvalue weighted by atomic mass is 10.0. The zero-order valence-corrected chi connectivity index (χ0v) is 13.1. The average Bonchev–Trinajstić information content (AvgIpc) is 3.02. The lowest BCUT2D eigenvalue weighted by molar-refractivity contribution is 0.0955. The summed E-state index contributed by atoms with van der Waals surface area (Å²) < 4.78 is 0. The van der Waals surface area contributed by atoms with Gasteiger partial charge in [-0.05, 0) is 35.2 Å². The van der Waals surface area contributed by atoms with Gasteiger partial charge in [-0.15, -0.1) is 0 Å². The Labute approximate surface area is 134 Å². The van der Waals surface area contributed by atoms with E-state index in [1.165, 1.54) is 5.56 Å². The smallest absolute Gasteiger partial charge is 0.271 e. The van der Waals surface area contributed by atoms with E-state index in [1.807, 2.05) is 12.1 Å². The van der Waals surface area contributed by atoms with Crippen LogP contribution >= 0.6 is 0 Å². The maximum Gasteiger partial charge on any atom is 0.271 e. The van der Waals surface area contributed by atoms with Gasteiger partial charge in [0.15, 0.2) is 0 Å². The van der Waals surface area contributed by atoms with Gasteiger partial charge in [-0.3, -0.25) is 4.79 Å². The minimum Gasteiger partial charge on any atom is -0.345 e. The van der Waals surface area contributed by atoms with Crippen molar-refractivity contribution in [1.82, 2.24) is 15.4 Å². The highest BCUT2D eigenvalue weighted by Crippen LogP contribution is 2.14. The summed E-state index contributed by atoms with van der Waals surface area (Å²) >= 11 is 0. The molecule has 0 aliphatic heterocycles. The first-order valence-electron chi connectivity index (χ1n) is 7.50. The molecule has 116 valence electrons. The van der Waals surface area contributed by atoms with Crippen molar-refractivity contribution in [3.63, 3.8) is 0 Å². The third kappa shape index (κ3) is 3.45. The summed E-state index contributed by atoms with van der Waals surface area (Å²) in [4.78, 5) is 19.2. The fraction of sp³-hybridized carbons (Fsp3) is 0.167. The number of hydrogen-bond acceptors (Lipinski definition) is 3. The summed E-state index contributed by atoms with van der Waals surface area (Å²) in [6.07, 6.45) is 3.24. The highest BCUT2D eigenvalue weighted by molar-refractivity contribution is 5.97. The number of nitrogens with zero attached hydrogens (tertiary/aromatic N) is 2. The molecular formula is C18H18N4O. The van der Waals surface area contributed by atoms with Gasteiger partial charge in [0, 0.05) is 5.56 Å². The maximum atomic E-state index is 12.1. The van der Waals surface area contributed by atoms with Crippen LogP contribution in [0.4, 0.5) is 0 Å². The number of carbonyl (C=O) groups excluding carboxylic acids is 1. The van der Waals surface area contributed by atoms with Crippen LogP contribution in [0.3, 0.4) is 0 Å². The molecule has 3 rings (SSSR count). The van der Waals surface area contributed by atoms with E-state index in [0.29, 0.717) is 11.5 Å². The van der Waals surface area contributed by atoms with Crippen LogP contribution in [-0.2, 0) is 0 Å². The third-order valence-corrected chi connectivity index (χ3v) is 3.67. The van der Waals surface area contributed by atoms with Crippen LogP contribution in [0.25, 0.3) is 11.0 Å². The molecule has 0 fully saturated rings. The van der Waals surface area contributed by atoms with Crippen LogP contribution < -0.4 is 5.43 Å². The summed E-state index contributed by atoms with van der Waals surface area (Å²) in [6, 6.07) is 13.4. The van der Waals surface area contributed by atoms with Gasteiger partial charge in [-0.25, -0.2) is 10.4 Å². The standard InChI is InChI=1S/C18H18N4O/c1-12(2)14-5-3-13(4-6-14)10-21-22-18(23)15-7-8-16-17(9-15)20-11-19-16/h3-12H,1-2H3,(H,19,20)(H,22,23)/b21-10-. The van der Waals surface area contributed by atoms with E-state index in [2.05, 4.69) is 46.5 Å². The first-order valence-corrected chi connectivity index (χ1v) is 7.50. The molecule has 1 heterocycles. The van der Waals surface area contributed by atoms with Crippen molar-refractivity contribution in [1.29, 1.82) is 0 Å². The molecule has 0 bridgehead atoms. The number of amides is 1. The SMILES string of the molecule is CC(C)c1ccc(/C=N\NC(=O)c2ccc3nc[nH]c3c2)cc1. The van der Waals surface area contributed by atoms with Crippen molar-refractivity contribution in [2.75, 3.05) is 0 Å². The first kappa shape index (κ1) is 15.0. The minimum absolute atomic E-state index is 0.253. The molecule has 2 N–H and O–H groups in total. The van der Waals surface area contributed by atoms with Gasteiger partial charge in [0.1, 0.15) is 0 Å². The number of fused-ring (bicyclic) bond motifs is 1. The molecule has 0 spiro atoms. The van der Waals surface area contributed by atoms with Crippen LogP contribution in [-0.4, -0.2) is 22.1 Å². The monoisotopic (exact) mass is 306 g/mol. The number of nitrogens with one attached hydrogen (secondary N) is 2. The summed E-state index contributed by atoms with van der Waals surface area (Å²) in [6.45, 7) is 4.31. The molecule has 0 radical (unpaired) electrons. The second-order valence-electron chi connectivity index (χ2n) is 5.65. The molecule has 1 amide bonds. The number of benzene rings is 2. The van der Waals surface area contributed by atoms with Crippen LogP contribution in [0, 0.1) is 0 Å². The fourth-order valence-electron chi connectivity index (χ4n) is 2.27. The predicted molar refractivity (Wildman–Crippen MR) is 91.7 cm³/mol. The van der Waals surface area contributed by atoms with Crippen LogP contribution in [0.15, 0.2) is 53.9 Å². The van der Waals surface area contributed by atoms with E-state index in [-0.39, 0.29) is 5.91 Å². The number of hydrogen-bond donors (Lipinski definition) is 2. The summed E-state index contributed by atoms with van der Waals surface area (Å²) in [5.41, 5.74) is 6.95. The number of rotatable bonds is 4. The largest absolute Gasteiger partial charge is 0.345 e. The van der Waals surface area contributed by atoms with Gasteiger partial charge in [-0.2, -0.15) is 5.10 Å². The second kappa shape index (κ2) is 6.44. The van der Waals surface area contributed by atoms with Gasteiger partial charge in [0.25, 0.3) is 5.91 Å². The number of imidazole rings is 1. The molecule has 0 atom stereocenters. The van der Waals surface area contributed by atoms with E-state index < -0.39 is 0 Å². The Morgan fingerprint density at radius 2 is 2.00 bits per heavy atom. The van der Waals surface area contributed by atoms with E-state index in [1.54, 1.807) is 30.7 Å². The Bertz CT molecular complexity index is 847. The van der Waals surface area contributed by atoms with E-state index in [4.69, 9.17) is 0 Å². The number of hydrazone groups is 1. The molecule has 5 heteroatoms. The number of carbonyl (C=O) groups is 1. The third-order valence-electron chi connectivity index (χ3n) is 3.67. The molecular weight excluding hydrogens is 288 g/mol. The highest BCUT2D eigenvalue weighted by atomic mass is 16.2. The van der Waals surface area contributed by atoms with Crippen molar-refractivity contribution < 1.29 is 4.79 Å². The van der Waals surface area contributed by atoms with Gasteiger partial charge in [-0.1, -0.05) is 38.1 Å². The molecule has 2 aromatic carbocycles. The van der Waals surface area contributed by atoms with Crippen LogP contribution in [0.1, 0.15) is 41.3 Å². The predicted octanol–water partition coefficient (Wildman–Crippen LogP) is 3.45. The Hall–Kier alpha value is -2.95. The lowest BCUT2D eigenvalue weighted by Crippen LogP contribution is -2.17. The Balaban J connectivity index is 1.65. The molecule has 0 aliphatic rings. The zero-order valence-electron chi connectivity index (χ0n) is 13.1. The molecule has 0 saturated carbocycles. The fourth-order valence-corrected chi connectivity index (χ4v) is 2.27. The molecule has 5 nitrogen and oxygen atoms in total. The quantitative estimate of drug-likeness (QED) is 0.572. The van der Waals surface area contributed by atoms with Crippen molar-refractivity contribution in [2.24, 2.45) is 5.10 Å². The van der Waals surface area contributed by atoms with Crippen molar-refractivity contribution in [3.05, 3.63) is 65.5 Å². The molecule has 0 unspecified atom stereocenters. The molecule has 1 aromatic heterocycles. The Morgan fingerprint density at radius 1 is 1.22 bits per heavy atom. The van der Waals surface area contributed by atoms with Gasteiger partial charge < -0.3 is 4.98 Å². The molecule has 0 saturated heterocycles. The van der Waals surface area contributed by atoms with Gasteiger partial charge >= 0.3 is 0 Å². The number of aromatic nitrogens is 2. The lowest BCUT2D eigenvalue weighted by Gasteiger charge is -2.04. The normalized spacial score (nSPS) is 11.4. The Morgan fingerprint density at radius 3 is 2.74 bits per heavy atom. The Kier molecular flexibility index (Phi) is 4.19. The van der Waals surface area contributed by atoms with Crippen molar-refractivity contribution in [2.45, 2.75) is 19.8 Å².